The van der Waals surface area contributed by atoms with Gasteiger partial charge in [0.1, 0.15) is 0 Å². The third-order valence-corrected chi connectivity index (χ3v) is 3.73. The molecule has 1 aromatic rings. The molecule has 1 aromatic carbocycles. The van der Waals surface area contributed by atoms with E-state index >= 15 is 0 Å². The van der Waals surface area contributed by atoms with Crippen molar-refractivity contribution < 1.29 is 4.79 Å². The SMILES string of the molecule is CC1(CNC(=O)c2ccccc2C#CCN)CCC1. The lowest BCUT2D eigenvalue weighted by atomic mass is 9.70. The van der Waals surface area contributed by atoms with Crippen molar-refractivity contribution >= 4 is 5.91 Å². The second-order valence-corrected chi connectivity index (χ2v) is 5.40. The molecule has 0 bridgehead atoms. The van der Waals surface area contributed by atoms with Crippen molar-refractivity contribution in [3.8, 4) is 11.8 Å². The number of rotatable bonds is 3. The van der Waals surface area contributed by atoms with Crippen LogP contribution in [0.15, 0.2) is 24.3 Å². The quantitative estimate of drug-likeness (QED) is 0.812. The maximum Gasteiger partial charge on any atom is 0.252 e. The molecule has 2 rings (SSSR count). The summed E-state index contributed by atoms with van der Waals surface area (Å²) < 4.78 is 0. The summed E-state index contributed by atoms with van der Waals surface area (Å²) in [5.41, 5.74) is 7.03. The lowest BCUT2D eigenvalue weighted by Crippen LogP contribution is -2.40. The highest BCUT2D eigenvalue weighted by molar-refractivity contribution is 5.96. The third kappa shape index (κ3) is 3.36. The van der Waals surface area contributed by atoms with E-state index < -0.39 is 0 Å². The van der Waals surface area contributed by atoms with Crippen molar-refractivity contribution in [3.05, 3.63) is 35.4 Å². The molecule has 1 aliphatic carbocycles. The molecule has 0 aromatic heterocycles. The molecule has 0 atom stereocenters. The van der Waals surface area contributed by atoms with E-state index in [0.29, 0.717) is 12.1 Å². The molecule has 0 radical (unpaired) electrons. The topological polar surface area (TPSA) is 55.1 Å². The van der Waals surface area contributed by atoms with E-state index in [0.717, 1.165) is 12.1 Å². The maximum absolute atomic E-state index is 12.2. The van der Waals surface area contributed by atoms with Crippen molar-refractivity contribution in [1.29, 1.82) is 0 Å². The number of hydrogen-bond donors (Lipinski definition) is 2. The van der Waals surface area contributed by atoms with E-state index in [1.807, 2.05) is 18.2 Å². The molecule has 0 unspecified atom stereocenters. The van der Waals surface area contributed by atoms with Gasteiger partial charge in [-0.05, 0) is 30.4 Å². The summed E-state index contributed by atoms with van der Waals surface area (Å²) in [7, 11) is 0. The molecule has 3 nitrogen and oxygen atoms in total. The van der Waals surface area contributed by atoms with Gasteiger partial charge in [0, 0.05) is 12.1 Å². The van der Waals surface area contributed by atoms with Crippen molar-refractivity contribution in [3.63, 3.8) is 0 Å². The van der Waals surface area contributed by atoms with Crippen LogP contribution in [-0.2, 0) is 0 Å². The molecule has 1 amide bonds. The molecule has 0 saturated heterocycles. The highest BCUT2D eigenvalue weighted by Gasteiger charge is 2.32. The van der Waals surface area contributed by atoms with E-state index in [2.05, 4.69) is 24.1 Å². The van der Waals surface area contributed by atoms with Gasteiger partial charge in [-0.2, -0.15) is 0 Å². The van der Waals surface area contributed by atoms with Gasteiger partial charge in [-0.1, -0.05) is 37.3 Å². The first-order valence-electron chi connectivity index (χ1n) is 6.71. The lowest BCUT2D eigenvalue weighted by molar-refractivity contribution is 0.0890. The monoisotopic (exact) mass is 256 g/mol. The lowest BCUT2D eigenvalue weighted by Gasteiger charge is -2.38. The van der Waals surface area contributed by atoms with Gasteiger partial charge in [-0.15, -0.1) is 0 Å². The van der Waals surface area contributed by atoms with Crippen molar-refractivity contribution in [1.82, 2.24) is 5.32 Å². The van der Waals surface area contributed by atoms with Crippen LogP contribution in [0.3, 0.4) is 0 Å². The number of carbonyl (C=O) groups excluding carboxylic acids is 1. The fourth-order valence-corrected chi connectivity index (χ4v) is 2.28. The van der Waals surface area contributed by atoms with Gasteiger partial charge in [0.05, 0.1) is 12.1 Å². The molecule has 100 valence electrons. The predicted octanol–water partition coefficient (Wildman–Crippen LogP) is 1.92. The van der Waals surface area contributed by atoms with Crippen LogP contribution >= 0.6 is 0 Å². The van der Waals surface area contributed by atoms with Crippen LogP contribution in [0.2, 0.25) is 0 Å². The predicted molar refractivity (Wildman–Crippen MR) is 76.7 cm³/mol. The van der Waals surface area contributed by atoms with Crippen LogP contribution < -0.4 is 11.1 Å². The summed E-state index contributed by atoms with van der Waals surface area (Å²) >= 11 is 0. The molecule has 1 fully saturated rings. The molecule has 3 N–H and O–H groups in total. The molecular formula is C16H20N2O. The van der Waals surface area contributed by atoms with E-state index in [1.165, 1.54) is 19.3 Å². The number of hydrogen-bond acceptors (Lipinski definition) is 2. The third-order valence-electron chi connectivity index (χ3n) is 3.73. The van der Waals surface area contributed by atoms with Gasteiger partial charge in [-0.3, -0.25) is 4.79 Å². The van der Waals surface area contributed by atoms with E-state index in [-0.39, 0.29) is 11.3 Å². The van der Waals surface area contributed by atoms with Gasteiger partial charge in [0.15, 0.2) is 0 Å². The second kappa shape index (κ2) is 5.90. The summed E-state index contributed by atoms with van der Waals surface area (Å²) in [5, 5.41) is 3.02. The van der Waals surface area contributed by atoms with Gasteiger partial charge in [0.2, 0.25) is 0 Å². The van der Waals surface area contributed by atoms with Crippen LogP contribution in [-0.4, -0.2) is 19.0 Å². The zero-order valence-corrected chi connectivity index (χ0v) is 11.3. The molecule has 0 spiro atoms. The zero-order valence-electron chi connectivity index (χ0n) is 11.3. The average Bonchev–Trinajstić information content (AvgIpc) is 2.40. The second-order valence-electron chi connectivity index (χ2n) is 5.40. The van der Waals surface area contributed by atoms with Crippen LogP contribution in [0.1, 0.15) is 42.1 Å². The van der Waals surface area contributed by atoms with Crippen molar-refractivity contribution in [2.75, 3.05) is 13.1 Å². The van der Waals surface area contributed by atoms with E-state index in [9.17, 15) is 4.79 Å². The summed E-state index contributed by atoms with van der Waals surface area (Å²) in [6.07, 6.45) is 3.66. The summed E-state index contributed by atoms with van der Waals surface area (Å²) in [6.45, 7) is 3.26. The van der Waals surface area contributed by atoms with E-state index in [4.69, 9.17) is 5.73 Å². The number of benzene rings is 1. The Bertz CT molecular complexity index is 521. The number of nitrogens with two attached hydrogens (primary N) is 1. The average molecular weight is 256 g/mol. The Labute approximate surface area is 114 Å². The Kier molecular flexibility index (Phi) is 4.24. The standard InChI is InChI=1S/C16H20N2O/c1-16(9-5-10-16)12-18-15(19)14-8-3-2-6-13(14)7-4-11-17/h2-3,6,8H,5,9-12,17H2,1H3,(H,18,19). The first-order chi connectivity index (χ1) is 9.14. The largest absolute Gasteiger partial charge is 0.351 e. The Hall–Kier alpha value is -1.79. The maximum atomic E-state index is 12.2. The fraction of sp³-hybridized carbons (Fsp3) is 0.438. The normalized spacial score (nSPS) is 15.9. The fourth-order valence-electron chi connectivity index (χ4n) is 2.28. The Morgan fingerprint density at radius 3 is 2.79 bits per heavy atom. The first kappa shape index (κ1) is 13.6. The summed E-state index contributed by atoms with van der Waals surface area (Å²) in [6, 6.07) is 7.39. The minimum absolute atomic E-state index is 0.0463. The van der Waals surface area contributed by atoms with E-state index in [1.54, 1.807) is 6.07 Å². The molecule has 0 aliphatic heterocycles. The van der Waals surface area contributed by atoms with Crippen LogP contribution in [0.4, 0.5) is 0 Å². The summed E-state index contributed by atoms with van der Waals surface area (Å²) in [5.74, 6) is 5.69. The minimum Gasteiger partial charge on any atom is -0.351 e. The smallest absolute Gasteiger partial charge is 0.252 e. The van der Waals surface area contributed by atoms with Crippen molar-refractivity contribution in [2.45, 2.75) is 26.2 Å². The van der Waals surface area contributed by atoms with Gasteiger partial charge < -0.3 is 11.1 Å². The molecule has 19 heavy (non-hydrogen) atoms. The molecule has 0 heterocycles. The molecule has 3 heteroatoms. The Balaban J connectivity index is 2.06. The van der Waals surface area contributed by atoms with Gasteiger partial charge in [-0.25, -0.2) is 0 Å². The van der Waals surface area contributed by atoms with Crippen molar-refractivity contribution in [2.24, 2.45) is 11.1 Å². The minimum atomic E-state index is -0.0463. The molecule has 1 aliphatic rings. The highest BCUT2D eigenvalue weighted by Crippen LogP contribution is 2.39. The van der Waals surface area contributed by atoms with Crippen LogP contribution in [0.5, 0.6) is 0 Å². The molecular weight excluding hydrogens is 236 g/mol. The van der Waals surface area contributed by atoms with Crippen LogP contribution in [0, 0.1) is 17.3 Å². The number of nitrogens with one attached hydrogen (secondary N) is 1. The Morgan fingerprint density at radius 1 is 1.42 bits per heavy atom. The van der Waals surface area contributed by atoms with Gasteiger partial charge >= 0.3 is 0 Å². The highest BCUT2D eigenvalue weighted by atomic mass is 16.1. The van der Waals surface area contributed by atoms with Crippen LogP contribution in [0.25, 0.3) is 0 Å². The summed E-state index contributed by atoms with van der Waals surface area (Å²) in [4.78, 5) is 12.2. The molecule has 1 saturated carbocycles. The number of amides is 1. The Morgan fingerprint density at radius 2 is 2.16 bits per heavy atom. The number of carbonyl (C=O) groups is 1. The zero-order chi connectivity index (χ0) is 13.7. The first-order valence-corrected chi connectivity index (χ1v) is 6.71. The van der Waals surface area contributed by atoms with Gasteiger partial charge in [0.25, 0.3) is 5.91 Å².